The fraction of sp³-hybridized carbons (Fsp3) is 0.283. The monoisotopic (exact) mass is 990 g/mol. The summed E-state index contributed by atoms with van der Waals surface area (Å²) in [7, 11) is 1.66. The molecule has 362 valence electrons. The van der Waals surface area contributed by atoms with Gasteiger partial charge in [-0.25, -0.2) is 24.3 Å². The van der Waals surface area contributed by atoms with E-state index in [0.717, 1.165) is 108 Å². The van der Waals surface area contributed by atoms with Gasteiger partial charge in [0.2, 0.25) is 11.9 Å². The molecule has 0 unspecified atom stereocenters. The Labute approximate surface area is 418 Å². The van der Waals surface area contributed by atoms with Crippen molar-refractivity contribution in [1.29, 1.82) is 0 Å². The van der Waals surface area contributed by atoms with Crippen LogP contribution in [0.4, 0.5) is 25.9 Å². The number of nitrogens with zero attached hydrogens (tertiary/aromatic N) is 4. The Morgan fingerprint density at radius 1 is 0.606 bits per heavy atom. The Morgan fingerprint density at radius 2 is 1.13 bits per heavy atom. The minimum Gasteiger partial charge on any atom is -0.496 e. The quantitative estimate of drug-likeness (QED) is 0.0531. The number of amides is 4. The second-order valence-corrected chi connectivity index (χ2v) is 20.0. The van der Waals surface area contributed by atoms with Crippen LogP contribution in [0.15, 0.2) is 107 Å². The number of rotatable bonds is 15. The Hall–Kier alpha value is -6.99. The standard InChI is InChI=1S/C53H51FN10O5S2/c1-69-44-25-30(10-19-41(44)39-7-3-2-6-31(39)28-57-33-11-15-35(16-12-33)59-50-55-22-20-37(61-50)26-45-48(65)63-52(67)70-45)43-24-32(40-8-4-5-9-42(40)47(43)54)29-58-34-13-17-36(18-14-34)60-51-56-23-21-38(62-51)27-46-49(66)64-53(68)71-46/h2-10,19-27,33-36,57-58H,11-18,28-29H2,1H3,(H,55,59,61)(H,56,60,62)(H,63,65,67)(H,64,66,68)/b45-26-,46-27-. The van der Waals surface area contributed by atoms with E-state index in [0.29, 0.717) is 68.9 Å². The number of carbonyl (C=O) groups excluding carboxylic acids is 4. The van der Waals surface area contributed by atoms with Crippen LogP contribution in [0.1, 0.15) is 73.9 Å². The fourth-order valence-electron chi connectivity index (χ4n) is 9.70. The SMILES string of the molecule is COc1cc(-c2cc(CNC3CCC(Nc4nccc(/C=C5\SC(=O)NC5=O)n4)CC3)c3ccccc3c2F)ccc1-c1ccccc1CNC1CCC(Nc2nccc(/C=C3\SC(=O)NC3=O)n2)CC1. The summed E-state index contributed by atoms with van der Waals surface area (Å²) in [4.78, 5) is 65.7. The molecule has 0 radical (unpaired) electrons. The summed E-state index contributed by atoms with van der Waals surface area (Å²) in [5.74, 6) is 0.517. The summed E-state index contributed by atoms with van der Waals surface area (Å²) in [6, 6.07) is 28.3. The predicted octanol–water partition coefficient (Wildman–Crippen LogP) is 9.58. The van der Waals surface area contributed by atoms with Gasteiger partial charge in [-0.05, 0) is 139 Å². The van der Waals surface area contributed by atoms with Crippen LogP contribution < -0.4 is 36.6 Å². The number of hydrogen-bond acceptors (Lipinski definition) is 15. The molecule has 18 heteroatoms. The summed E-state index contributed by atoms with van der Waals surface area (Å²) < 4.78 is 22.6. The molecule has 2 saturated heterocycles. The first kappa shape index (κ1) is 47.7. The summed E-state index contributed by atoms with van der Waals surface area (Å²) >= 11 is 1.72. The molecule has 2 aliphatic carbocycles. The number of hydrogen-bond donors (Lipinski definition) is 6. The Bertz CT molecular complexity index is 3100. The van der Waals surface area contributed by atoms with Crippen LogP contribution in [0.5, 0.6) is 5.75 Å². The molecule has 4 fully saturated rings. The zero-order valence-electron chi connectivity index (χ0n) is 38.8. The van der Waals surface area contributed by atoms with Crippen molar-refractivity contribution in [3.63, 3.8) is 0 Å². The van der Waals surface area contributed by atoms with Gasteiger partial charge in [0.15, 0.2) is 0 Å². The molecule has 4 aliphatic rings. The molecule has 0 bridgehead atoms. The summed E-state index contributed by atoms with van der Waals surface area (Å²) in [6.45, 7) is 1.24. The predicted molar refractivity (Wildman–Crippen MR) is 277 cm³/mol. The summed E-state index contributed by atoms with van der Waals surface area (Å²) in [5.41, 5.74) is 6.47. The molecular formula is C53H51FN10O5S2. The Kier molecular flexibility index (Phi) is 14.5. The van der Waals surface area contributed by atoms with Gasteiger partial charge in [-0.2, -0.15) is 0 Å². The van der Waals surface area contributed by atoms with Crippen molar-refractivity contribution in [1.82, 2.24) is 41.2 Å². The van der Waals surface area contributed by atoms with E-state index in [1.807, 2.05) is 60.7 Å². The van der Waals surface area contributed by atoms with Crippen molar-refractivity contribution in [2.75, 3.05) is 17.7 Å². The average molecular weight is 991 g/mol. The van der Waals surface area contributed by atoms with E-state index in [4.69, 9.17) is 4.74 Å². The molecule has 2 saturated carbocycles. The van der Waals surface area contributed by atoms with Crippen LogP contribution in [-0.4, -0.2) is 73.5 Å². The van der Waals surface area contributed by atoms with Gasteiger partial charge in [-0.15, -0.1) is 0 Å². The number of halogens is 1. The highest BCUT2D eigenvalue weighted by Crippen LogP contribution is 2.39. The van der Waals surface area contributed by atoms with Crippen LogP contribution in [-0.2, 0) is 22.7 Å². The number of nitrogens with one attached hydrogen (secondary N) is 6. The minimum atomic E-state index is -0.423. The second-order valence-electron chi connectivity index (χ2n) is 18.0. The van der Waals surface area contributed by atoms with Gasteiger partial charge < -0.3 is 26.0 Å². The maximum Gasteiger partial charge on any atom is 0.290 e. The maximum atomic E-state index is 16.6. The van der Waals surface area contributed by atoms with E-state index in [9.17, 15) is 19.2 Å². The number of methoxy groups -OCH3 is 1. The van der Waals surface area contributed by atoms with Crippen molar-refractivity contribution in [2.24, 2.45) is 0 Å². The Morgan fingerprint density at radius 3 is 1.68 bits per heavy atom. The minimum absolute atomic E-state index is 0.178. The molecule has 2 aromatic heterocycles. The molecule has 0 atom stereocenters. The van der Waals surface area contributed by atoms with E-state index in [-0.39, 0.29) is 29.2 Å². The van der Waals surface area contributed by atoms with Crippen molar-refractivity contribution in [2.45, 2.75) is 88.6 Å². The smallest absolute Gasteiger partial charge is 0.290 e. The number of aromatic nitrogens is 4. The molecule has 6 aromatic rings. The van der Waals surface area contributed by atoms with Crippen LogP contribution in [0.25, 0.3) is 45.2 Å². The number of benzene rings is 4. The van der Waals surface area contributed by atoms with Crippen molar-refractivity contribution in [3.05, 3.63) is 135 Å². The third-order valence-corrected chi connectivity index (χ3v) is 15.0. The molecule has 15 nitrogen and oxygen atoms in total. The van der Waals surface area contributed by atoms with Crippen LogP contribution in [0.2, 0.25) is 0 Å². The van der Waals surface area contributed by atoms with Crippen LogP contribution in [0, 0.1) is 5.82 Å². The first-order chi connectivity index (χ1) is 34.6. The number of carbonyl (C=O) groups is 4. The zero-order valence-corrected chi connectivity index (χ0v) is 40.4. The lowest BCUT2D eigenvalue weighted by Gasteiger charge is -2.30. The molecule has 4 aromatic carbocycles. The normalized spacial score (nSPS) is 21.4. The van der Waals surface area contributed by atoms with Gasteiger partial charge in [0.05, 0.1) is 28.3 Å². The molecule has 6 N–H and O–H groups in total. The van der Waals surface area contributed by atoms with Gasteiger partial charge >= 0.3 is 0 Å². The van der Waals surface area contributed by atoms with E-state index in [1.165, 1.54) is 0 Å². The lowest BCUT2D eigenvalue weighted by atomic mass is 9.90. The maximum absolute atomic E-state index is 16.6. The Balaban J connectivity index is 0.763. The summed E-state index contributed by atoms with van der Waals surface area (Å²) in [6.07, 6.45) is 13.9. The van der Waals surface area contributed by atoms with Crippen LogP contribution in [0.3, 0.4) is 0 Å². The highest BCUT2D eigenvalue weighted by atomic mass is 32.2. The lowest BCUT2D eigenvalue weighted by molar-refractivity contribution is -0.116. The van der Waals surface area contributed by atoms with Crippen LogP contribution >= 0.6 is 23.5 Å². The number of thioether (sulfide) groups is 2. The molecule has 71 heavy (non-hydrogen) atoms. The van der Waals surface area contributed by atoms with Gasteiger partial charge in [-0.1, -0.05) is 60.7 Å². The molecular weight excluding hydrogens is 940 g/mol. The fourth-order valence-corrected chi connectivity index (χ4v) is 11.0. The summed E-state index contributed by atoms with van der Waals surface area (Å²) in [5, 5.41) is 19.7. The second kappa shape index (κ2) is 21.6. The van der Waals surface area contributed by atoms with Crippen molar-refractivity contribution < 1.29 is 28.3 Å². The molecule has 4 heterocycles. The highest BCUT2D eigenvalue weighted by molar-refractivity contribution is 8.18. The zero-order chi connectivity index (χ0) is 48.8. The number of ether oxygens (including phenoxy) is 1. The lowest BCUT2D eigenvalue weighted by Crippen LogP contribution is -2.37. The molecule has 0 spiro atoms. The van der Waals surface area contributed by atoms with E-state index in [2.05, 4.69) is 64.0 Å². The highest BCUT2D eigenvalue weighted by Gasteiger charge is 2.28. The molecule has 2 aliphatic heterocycles. The largest absolute Gasteiger partial charge is 0.496 e. The number of anilines is 2. The first-order valence-corrected chi connectivity index (χ1v) is 25.4. The third-order valence-electron chi connectivity index (χ3n) is 13.4. The van der Waals surface area contributed by atoms with Gasteiger partial charge in [0.25, 0.3) is 22.3 Å². The van der Waals surface area contributed by atoms with E-state index in [1.54, 1.807) is 43.8 Å². The van der Waals surface area contributed by atoms with Crippen molar-refractivity contribution >= 4 is 80.6 Å². The number of imide groups is 2. The van der Waals surface area contributed by atoms with Gasteiger partial charge in [0, 0.05) is 66.2 Å². The van der Waals surface area contributed by atoms with Crippen molar-refractivity contribution in [3.8, 4) is 28.0 Å². The van der Waals surface area contributed by atoms with E-state index < -0.39 is 17.1 Å². The molecule has 10 rings (SSSR count). The van der Waals surface area contributed by atoms with Gasteiger partial charge in [0.1, 0.15) is 11.6 Å². The average Bonchev–Trinajstić information content (AvgIpc) is 3.88. The van der Waals surface area contributed by atoms with E-state index >= 15 is 4.39 Å². The number of fused-ring (bicyclic) bond motifs is 1. The first-order valence-electron chi connectivity index (χ1n) is 23.7. The topological polar surface area (TPSA) is 201 Å². The molecule has 4 amide bonds. The third kappa shape index (κ3) is 11.3. The van der Waals surface area contributed by atoms with Gasteiger partial charge in [-0.3, -0.25) is 29.8 Å².